The second-order valence-corrected chi connectivity index (χ2v) is 4.38. The standard InChI is InChI=1S/C13H11N7O3/c1-23-8-4-2-7(3-5-8)6-14-19-12-15-10-9(18-20-12)11(21)17-13(22)16-10/h2-6H,1H3,(H3,15,16,17,19,20,21,22). The molecule has 0 fully saturated rings. The van der Waals surface area contributed by atoms with Crippen LogP contribution in [-0.2, 0) is 0 Å². The molecule has 3 rings (SSSR count). The summed E-state index contributed by atoms with van der Waals surface area (Å²) in [6.45, 7) is 0. The lowest BCUT2D eigenvalue weighted by Gasteiger charge is -2.00. The highest BCUT2D eigenvalue weighted by Crippen LogP contribution is 2.09. The Kier molecular flexibility index (Phi) is 3.78. The van der Waals surface area contributed by atoms with Crippen molar-refractivity contribution in [2.45, 2.75) is 0 Å². The molecule has 0 aliphatic heterocycles. The molecular weight excluding hydrogens is 302 g/mol. The number of benzene rings is 1. The lowest BCUT2D eigenvalue weighted by atomic mass is 10.2. The molecule has 0 saturated carbocycles. The normalized spacial score (nSPS) is 11.0. The largest absolute Gasteiger partial charge is 0.497 e. The summed E-state index contributed by atoms with van der Waals surface area (Å²) in [6.07, 6.45) is 1.55. The Morgan fingerprint density at radius 3 is 2.70 bits per heavy atom. The number of H-pyrrole nitrogens is 2. The number of nitrogens with one attached hydrogen (secondary N) is 3. The Morgan fingerprint density at radius 1 is 1.17 bits per heavy atom. The number of nitrogens with zero attached hydrogens (tertiary/aromatic N) is 4. The van der Waals surface area contributed by atoms with Crippen LogP contribution < -0.4 is 21.4 Å². The molecule has 1 aromatic carbocycles. The van der Waals surface area contributed by atoms with Crippen molar-refractivity contribution in [3.8, 4) is 5.75 Å². The Balaban J connectivity index is 1.79. The second kappa shape index (κ2) is 6.05. The number of aromatic amines is 2. The van der Waals surface area contributed by atoms with Crippen molar-refractivity contribution < 1.29 is 4.74 Å². The summed E-state index contributed by atoms with van der Waals surface area (Å²) in [7, 11) is 1.59. The summed E-state index contributed by atoms with van der Waals surface area (Å²) >= 11 is 0. The Morgan fingerprint density at radius 2 is 1.96 bits per heavy atom. The fraction of sp³-hybridized carbons (Fsp3) is 0.0769. The number of rotatable bonds is 4. The van der Waals surface area contributed by atoms with E-state index in [4.69, 9.17) is 4.74 Å². The lowest BCUT2D eigenvalue weighted by molar-refractivity contribution is 0.415. The number of hydrogen-bond acceptors (Lipinski definition) is 8. The number of fused-ring (bicyclic) bond motifs is 1. The minimum Gasteiger partial charge on any atom is -0.497 e. The Bertz CT molecular complexity index is 975. The summed E-state index contributed by atoms with van der Waals surface area (Å²) < 4.78 is 5.06. The molecule has 3 N–H and O–H groups in total. The van der Waals surface area contributed by atoms with Crippen LogP contribution in [0.25, 0.3) is 11.2 Å². The fourth-order valence-corrected chi connectivity index (χ4v) is 1.77. The first-order valence-corrected chi connectivity index (χ1v) is 6.46. The van der Waals surface area contributed by atoms with Gasteiger partial charge in [0.05, 0.1) is 13.3 Å². The van der Waals surface area contributed by atoms with Crippen molar-refractivity contribution in [2.24, 2.45) is 5.10 Å². The first-order chi connectivity index (χ1) is 11.2. The van der Waals surface area contributed by atoms with Crippen LogP contribution in [0.2, 0.25) is 0 Å². The second-order valence-electron chi connectivity index (χ2n) is 4.38. The first kappa shape index (κ1) is 14.4. The van der Waals surface area contributed by atoms with Crippen molar-refractivity contribution >= 4 is 23.3 Å². The maximum Gasteiger partial charge on any atom is 0.327 e. The van der Waals surface area contributed by atoms with Gasteiger partial charge in [0.15, 0.2) is 11.2 Å². The van der Waals surface area contributed by atoms with Crippen molar-refractivity contribution in [3.63, 3.8) is 0 Å². The number of hydrogen-bond donors (Lipinski definition) is 3. The predicted molar refractivity (Wildman–Crippen MR) is 82.8 cm³/mol. The average molecular weight is 313 g/mol. The summed E-state index contributed by atoms with van der Waals surface area (Å²) in [5, 5.41) is 11.4. The summed E-state index contributed by atoms with van der Waals surface area (Å²) in [5.41, 5.74) is 2.04. The van der Waals surface area contributed by atoms with Gasteiger partial charge in [0.25, 0.3) is 11.5 Å². The number of hydrazone groups is 1. The van der Waals surface area contributed by atoms with Crippen LogP contribution in [0.1, 0.15) is 5.56 Å². The molecule has 116 valence electrons. The lowest BCUT2D eigenvalue weighted by Crippen LogP contribution is -2.23. The van der Waals surface area contributed by atoms with E-state index in [9.17, 15) is 9.59 Å². The summed E-state index contributed by atoms with van der Waals surface area (Å²) in [4.78, 5) is 31.1. The van der Waals surface area contributed by atoms with Gasteiger partial charge in [-0.25, -0.2) is 10.2 Å². The van der Waals surface area contributed by atoms with Gasteiger partial charge >= 0.3 is 5.69 Å². The molecule has 3 aromatic rings. The van der Waals surface area contributed by atoms with Gasteiger partial charge < -0.3 is 4.74 Å². The van der Waals surface area contributed by atoms with Crippen LogP contribution in [0.3, 0.4) is 0 Å². The third-order valence-corrected chi connectivity index (χ3v) is 2.85. The molecule has 0 bridgehead atoms. The molecule has 0 aliphatic carbocycles. The van der Waals surface area contributed by atoms with Gasteiger partial charge in [0, 0.05) is 0 Å². The van der Waals surface area contributed by atoms with E-state index in [-0.39, 0.29) is 17.1 Å². The zero-order valence-corrected chi connectivity index (χ0v) is 11.9. The molecule has 10 nitrogen and oxygen atoms in total. The van der Waals surface area contributed by atoms with E-state index >= 15 is 0 Å². The van der Waals surface area contributed by atoms with Crippen LogP contribution in [0, 0.1) is 0 Å². The van der Waals surface area contributed by atoms with Gasteiger partial charge in [-0.05, 0) is 29.8 Å². The van der Waals surface area contributed by atoms with E-state index in [1.807, 2.05) is 17.1 Å². The van der Waals surface area contributed by atoms with Crippen LogP contribution in [-0.4, -0.2) is 38.5 Å². The van der Waals surface area contributed by atoms with E-state index in [0.29, 0.717) is 0 Å². The summed E-state index contributed by atoms with van der Waals surface area (Å²) in [6, 6.07) is 7.24. The topological polar surface area (TPSA) is 138 Å². The van der Waals surface area contributed by atoms with Gasteiger partial charge in [-0.2, -0.15) is 10.1 Å². The molecule has 10 heteroatoms. The minimum atomic E-state index is -0.671. The van der Waals surface area contributed by atoms with Crippen molar-refractivity contribution in [3.05, 3.63) is 50.7 Å². The highest BCUT2D eigenvalue weighted by atomic mass is 16.5. The van der Waals surface area contributed by atoms with Crippen LogP contribution in [0.15, 0.2) is 39.0 Å². The number of methoxy groups -OCH3 is 1. The number of ether oxygens (including phenoxy) is 1. The quantitative estimate of drug-likeness (QED) is 0.450. The van der Waals surface area contributed by atoms with Crippen molar-refractivity contribution in [1.82, 2.24) is 25.1 Å². The molecule has 0 radical (unpaired) electrons. The molecule has 0 atom stereocenters. The van der Waals surface area contributed by atoms with Gasteiger partial charge in [-0.15, -0.1) is 10.2 Å². The molecule has 0 spiro atoms. The SMILES string of the molecule is COc1ccc(C=NNc2nnc3c(=O)[nH]c(=O)[nH]c3n2)cc1. The predicted octanol–water partition coefficient (Wildman–Crippen LogP) is -0.144. The van der Waals surface area contributed by atoms with E-state index in [1.54, 1.807) is 25.5 Å². The first-order valence-electron chi connectivity index (χ1n) is 6.46. The maximum absolute atomic E-state index is 11.5. The molecule has 0 saturated heterocycles. The Labute approximate surface area is 128 Å². The van der Waals surface area contributed by atoms with Gasteiger partial charge in [0.2, 0.25) is 0 Å². The smallest absolute Gasteiger partial charge is 0.327 e. The molecular formula is C13H11N7O3. The average Bonchev–Trinajstić information content (AvgIpc) is 2.55. The monoisotopic (exact) mass is 313 g/mol. The third kappa shape index (κ3) is 3.20. The zero-order chi connectivity index (χ0) is 16.2. The molecule has 23 heavy (non-hydrogen) atoms. The fourth-order valence-electron chi connectivity index (χ4n) is 1.77. The zero-order valence-electron chi connectivity index (χ0n) is 11.9. The number of aromatic nitrogens is 5. The molecule has 0 unspecified atom stereocenters. The number of anilines is 1. The third-order valence-electron chi connectivity index (χ3n) is 2.85. The van der Waals surface area contributed by atoms with Gasteiger partial charge in [0.1, 0.15) is 5.75 Å². The van der Waals surface area contributed by atoms with Crippen LogP contribution in [0.5, 0.6) is 5.75 Å². The van der Waals surface area contributed by atoms with Crippen LogP contribution in [0.4, 0.5) is 5.95 Å². The molecule has 2 aromatic heterocycles. The molecule has 2 heterocycles. The minimum absolute atomic E-state index is 0.0240. The van der Waals surface area contributed by atoms with E-state index in [0.717, 1.165) is 11.3 Å². The van der Waals surface area contributed by atoms with E-state index < -0.39 is 11.2 Å². The highest BCUT2D eigenvalue weighted by Gasteiger charge is 2.05. The van der Waals surface area contributed by atoms with Gasteiger partial charge in [-0.1, -0.05) is 0 Å². The summed E-state index contributed by atoms with van der Waals surface area (Å²) in [5.74, 6) is 0.787. The van der Waals surface area contributed by atoms with Gasteiger partial charge in [-0.3, -0.25) is 14.8 Å². The molecule has 0 aliphatic rings. The van der Waals surface area contributed by atoms with Crippen molar-refractivity contribution in [2.75, 3.05) is 12.5 Å². The van der Waals surface area contributed by atoms with Crippen LogP contribution >= 0.6 is 0 Å². The van der Waals surface area contributed by atoms with E-state index in [1.165, 1.54) is 0 Å². The highest BCUT2D eigenvalue weighted by molar-refractivity contribution is 5.80. The molecule has 0 amide bonds. The van der Waals surface area contributed by atoms with E-state index in [2.05, 4.69) is 30.7 Å². The maximum atomic E-state index is 11.5. The van der Waals surface area contributed by atoms with Crippen molar-refractivity contribution in [1.29, 1.82) is 0 Å². The Hall–Kier alpha value is -3.56.